The molecule has 0 bridgehead atoms. The molecule has 2 rings (SSSR count). The summed E-state index contributed by atoms with van der Waals surface area (Å²) in [5.74, 6) is 0.189. The van der Waals surface area contributed by atoms with Crippen molar-refractivity contribution in [2.24, 2.45) is 0 Å². The van der Waals surface area contributed by atoms with Crippen LogP contribution in [0.4, 0.5) is 10.1 Å². The molecular formula is C16H17BrFNO3S. The van der Waals surface area contributed by atoms with Crippen LogP contribution in [0.15, 0.2) is 33.6 Å². The van der Waals surface area contributed by atoms with E-state index in [0.717, 1.165) is 5.56 Å². The minimum Gasteiger partial charge on any atom is -0.496 e. The number of rotatable bonds is 4. The standard InChI is InChI=1S/C16H17BrFNO3S/c1-9-7-15(22-4)10(2)11(3)16(9)23(20,21)19-14-6-5-12(18)8-13(14)17/h5-8,19H,1-4H3. The monoisotopic (exact) mass is 401 g/mol. The lowest BCUT2D eigenvalue weighted by Crippen LogP contribution is -2.17. The fourth-order valence-corrected chi connectivity index (χ4v) is 4.60. The average Bonchev–Trinajstić information content (AvgIpc) is 2.45. The maximum absolute atomic E-state index is 13.1. The molecule has 0 atom stereocenters. The van der Waals surface area contributed by atoms with Crippen molar-refractivity contribution in [2.75, 3.05) is 11.8 Å². The zero-order valence-electron chi connectivity index (χ0n) is 13.2. The third kappa shape index (κ3) is 3.50. The summed E-state index contributed by atoms with van der Waals surface area (Å²) in [4.78, 5) is 0.201. The lowest BCUT2D eigenvalue weighted by atomic mass is 10.1. The van der Waals surface area contributed by atoms with Crippen LogP contribution in [0.25, 0.3) is 0 Å². The van der Waals surface area contributed by atoms with Crippen molar-refractivity contribution in [1.82, 2.24) is 0 Å². The van der Waals surface area contributed by atoms with Crippen LogP contribution in [-0.2, 0) is 10.0 Å². The highest BCUT2D eigenvalue weighted by Gasteiger charge is 2.23. The molecule has 0 spiro atoms. The van der Waals surface area contributed by atoms with Crippen LogP contribution < -0.4 is 9.46 Å². The lowest BCUT2D eigenvalue weighted by Gasteiger charge is -2.17. The number of hydrogen-bond acceptors (Lipinski definition) is 3. The molecule has 4 nitrogen and oxygen atoms in total. The van der Waals surface area contributed by atoms with E-state index in [1.807, 2.05) is 0 Å². The molecule has 0 fully saturated rings. The second-order valence-corrected chi connectivity index (χ2v) is 7.68. The molecule has 0 aliphatic carbocycles. The second-order valence-electron chi connectivity index (χ2n) is 5.20. The Morgan fingerprint density at radius 3 is 2.35 bits per heavy atom. The first-order chi connectivity index (χ1) is 10.7. The normalized spacial score (nSPS) is 11.4. The Balaban J connectivity index is 2.54. The molecule has 0 heterocycles. The van der Waals surface area contributed by atoms with Crippen LogP contribution in [0.5, 0.6) is 5.75 Å². The van der Waals surface area contributed by atoms with Gasteiger partial charge in [-0.1, -0.05) is 0 Å². The summed E-state index contributed by atoms with van der Waals surface area (Å²) in [6, 6.07) is 5.47. The minimum atomic E-state index is -3.82. The van der Waals surface area contributed by atoms with Crippen molar-refractivity contribution >= 4 is 31.6 Å². The summed E-state index contributed by atoms with van der Waals surface area (Å²) in [7, 11) is -2.27. The molecule has 2 aromatic rings. The van der Waals surface area contributed by atoms with Gasteiger partial charge >= 0.3 is 0 Å². The van der Waals surface area contributed by atoms with Crippen LogP contribution in [0.3, 0.4) is 0 Å². The Bertz CT molecular complexity index is 866. The third-order valence-electron chi connectivity index (χ3n) is 3.64. The predicted molar refractivity (Wildman–Crippen MR) is 92.1 cm³/mol. The number of anilines is 1. The van der Waals surface area contributed by atoms with E-state index in [9.17, 15) is 12.8 Å². The van der Waals surface area contributed by atoms with Crippen LogP contribution in [0.1, 0.15) is 16.7 Å². The van der Waals surface area contributed by atoms with E-state index in [4.69, 9.17) is 4.74 Å². The summed E-state index contributed by atoms with van der Waals surface area (Å²) in [5, 5.41) is 0. The van der Waals surface area contributed by atoms with E-state index in [0.29, 0.717) is 21.3 Å². The molecule has 7 heteroatoms. The molecule has 0 unspecified atom stereocenters. The summed E-state index contributed by atoms with van der Waals surface area (Å²) >= 11 is 3.16. The first-order valence-electron chi connectivity index (χ1n) is 6.80. The molecular weight excluding hydrogens is 385 g/mol. The van der Waals surface area contributed by atoms with E-state index >= 15 is 0 Å². The molecule has 0 radical (unpaired) electrons. The highest BCUT2D eigenvalue weighted by Crippen LogP contribution is 2.33. The molecule has 124 valence electrons. The van der Waals surface area contributed by atoms with E-state index in [1.165, 1.54) is 18.2 Å². The SMILES string of the molecule is COc1cc(C)c(S(=O)(=O)Nc2ccc(F)cc2Br)c(C)c1C. The Morgan fingerprint density at radius 2 is 1.78 bits per heavy atom. The Morgan fingerprint density at radius 1 is 1.13 bits per heavy atom. The molecule has 0 aliphatic rings. The molecule has 0 aromatic heterocycles. The number of ether oxygens (including phenoxy) is 1. The van der Waals surface area contributed by atoms with Gasteiger partial charge in [-0.15, -0.1) is 0 Å². The maximum atomic E-state index is 13.1. The van der Waals surface area contributed by atoms with Gasteiger partial charge in [0.1, 0.15) is 11.6 Å². The van der Waals surface area contributed by atoms with Gasteiger partial charge in [0.05, 0.1) is 17.7 Å². The van der Waals surface area contributed by atoms with Crippen LogP contribution in [0.2, 0.25) is 0 Å². The smallest absolute Gasteiger partial charge is 0.262 e. The second kappa shape index (κ2) is 6.49. The fraction of sp³-hybridized carbons (Fsp3) is 0.250. The number of benzene rings is 2. The van der Waals surface area contributed by atoms with Gasteiger partial charge in [-0.3, -0.25) is 4.72 Å². The molecule has 0 saturated carbocycles. The van der Waals surface area contributed by atoms with Crippen molar-refractivity contribution in [1.29, 1.82) is 0 Å². The van der Waals surface area contributed by atoms with Crippen LogP contribution >= 0.6 is 15.9 Å². The largest absolute Gasteiger partial charge is 0.496 e. The number of halogens is 2. The van der Waals surface area contributed by atoms with E-state index in [-0.39, 0.29) is 10.6 Å². The lowest BCUT2D eigenvalue weighted by molar-refractivity contribution is 0.410. The number of methoxy groups -OCH3 is 1. The Kier molecular flexibility index (Phi) is 5.01. The maximum Gasteiger partial charge on any atom is 0.262 e. The van der Waals surface area contributed by atoms with Gasteiger partial charge in [-0.05, 0) is 77.7 Å². The zero-order valence-corrected chi connectivity index (χ0v) is 15.6. The summed E-state index contributed by atoms with van der Waals surface area (Å²) < 4.78 is 46.8. The van der Waals surface area contributed by atoms with Crippen molar-refractivity contribution in [3.63, 3.8) is 0 Å². The third-order valence-corrected chi connectivity index (χ3v) is 5.95. The first-order valence-corrected chi connectivity index (χ1v) is 9.07. The molecule has 0 saturated heterocycles. The first kappa shape index (κ1) is 17.7. The van der Waals surface area contributed by atoms with Gasteiger partial charge in [0.15, 0.2) is 0 Å². The Labute approximate surface area is 143 Å². The van der Waals surface area contributed by atoms with Crippen molar-refractivity contribution in [3.05, 3.63) is 51.2 Å². The predicted octanol–water partition coefficient (Wildman–Crippen LogP) is 4.32. The van der Waals surface area contributed by atoms with Crippen molar-refractivity contribution < 1.29 is 17.5 Å². The van der Waals surface area contributed by atoms with E-state index < -0.39 is 15.8 Å². The highest BCUT2D eigenvalue weighted by molar-refractivity contribution is 9.10. The topological polar surface area (TPSA) is 55.4 Å². The minimum absolute atomic E-state index is 0.201. The van der Waals surface area contributed by atoms with Crippen LogP contribution in [0, 0.1) is 26.6 Å². The molecule has 2 aromatic carbocycles. The zero-order chi connectivity index (χ0) is 17.4. The molecule has 0 aliphatic heterocycles. The highest BCUT2D eigenvalue weighted by atomic mass is 79.9. The Hall–Kier alpha value is -1.60. The van der Waals surface area contributed by atoms with Gasteiger partial charge in [-0.2, -0.15) is 0 Å². The van der Waals surface area contributed by atoms with Gasteiger partial charge < -0.3 is 4.74 Å². The van der Waals surface area contributed by atoms with E-state index in [1.54, 1.807) is 33.9 Å². The van der Waals surface area contributed by atoms with Crippen molar-refractivity contribution in [3.8, 4) is 5.75 Å². The summed E-state index contributed by atoms with van der Waals surface area (Å²) in [6.45, 7) is 5.25. The van der Waals surface area contributed by atoms with Gasteiger partial charge in [0.2, 0.25) is 0 Å². The van der Waals surface area contributed by atoms with E-state index in [2.05, 4.69) is 20.7 Å². The van der Waals surface area contributed by atoms with Crippen LogP contribution in [-0.4, -0.2) is 15.5 Å². The molecule has 0 amide bonds. The number of sulfonamides is 1. The van der Waals surface area contributed by atoms with Gasteiger partial charge in [0.25, 0.3) is 10.0 Å². The quantitative estimate of drug-likeness (QED) is 0.829. The van der Waals surface area contributed by atoms with Gasteiger partial charge in [0, 0.05) is 4.47 Å². The average molecular weight is 402 g/mol. The molecule has 1 N–H and O–H groups in total. The van der Waals surface area contributed by atoms with Gasteiger partial charge in [-0.25, -0.2) is 12.8 Å². The fourth-order valence-electron chi connectivity index (χ4n) is 2.41. The summed E-state index contributed by atoms with van der Waals surface area (Å²) in [6.07, 6.45) is 0. The van der Waals surface area contributed by atoms with Crippen molar-refractivity contribution in [2.45, 2.75) is 25.7 Å². The number of hydrogen-bond donors (Lipinski definition) is 1. The molecule has 23 heavy (non-hydrogen) atoms. The summed E-state index contributed by atoms with van der Waals surface area (Å²) in [5.41, 5.74) is 2.23. The number of nitrogens with one attached hydrogen (secondary N) is 1. The number of aryl methyl sites for hydroxylation is 1.